The highest BCUT2D eigenvalue weighted by Crippen LogP contribution is 2.23. The number of carbonyl (C=O) groups is 1. The van der Waals surface area contributed by atoms with Crippen LogP contribution in [0, 0.1) is 5.92 Å². The van der Waals surface area contributed by atoms with E-state index in [2.05, 4.69) is 5.32 Å². The van der Waals surface area contributed by atoms with E-state index in [0.717, 1.165) is 25.9 Å². The SMILES string of the molecule is CNCC1CCCN(C(=O)c2ccccc2CS(=O)(=O)c2ccccc2)C1.Cl. The monoisotopic (exact) mass is 422 g/mol. The molecule has 28 heavy (non-hydrogen) atoms. The van der Waals surface area contributed by atoms with Crippen LogP contribution in [-0.2, 0) is 15.6 Å². The molecule has 0 bridgehead atoms. The average Bonchev–Trinajstić information content (AvgIpc) is 2.69. The van der Waals surface area contributed by atoms with Gasteiger partial charge in [0.25, 0.3) is 5.91 Å². The quantitative estimate of drug-likeness (QED) is 0.776. The Bertz CT molecular complexity index is 886. The average molecular weight is 423 g/mol. The predicted molar refractivity (Wildman–Crippen MR) is 114 cm³/mol. The molecule has 0 aliphatic carbocycles. The van der Waals surface area contributed by atoms with Gasteiger partial charge in [-0.3, -0.25) is 4.79 Å². The number of hydrogen-bond donors (Lipinski definition) is 1. The van der Waals surface area contributed by atoms with Crippen molar-refractivity contribution in [1.82, 2.24) is 10.2 Å². The van der Waals surface area contributed by atoms with Gasteiger partial charge in [0, 0.05) is 18.7 Å². The van der Waals surface area contributed by atoms with Gasteiger partial charge in [0.1, 0.15) is 0 Å². The van der Waals surface area contributed by atoms with Crippen molar-refractivity contribution in [1.29, 1.82) is 0 Å². The lowest BCUT2D eigenvalue weighted by Gasteiger charge is -2.33. The molecule has 1 saturated heterocycles. The van der Waals surface area contributed by atoms with Crippen LogP contribution in [0.1, 0.15) is 28.8 Å². The Morgan fingerprint density at radius 1 is 1.11 bits per heavy atom. The van der Waals surface area contributed by atoms with Gasteiger partial charge in [0.2, 0.25) is 0 Å². The van der Waals surface area contributed by atoms with Gasteiger partial charge in [0.05, 0.1) is 10.6 Å². The molecular weight excluding hydrogens is 396 g/mol. The number of rotatable bonds is 6. The highest BCUT2D eigenvalue weighted by molar-refractivity contribution is 7.90. The molecule has 1 amide bonds. The zero-order chi connectivity index (χ0) is 19.3. The summed E-state index contributed by atoms with van der Waals surface area (Å²) in [6.07, 6.45) is 2.08. The fourth-order valence-electron chi connectivity index (χ4n) is 3.65. The number of nitrogens with zero attached hydrogens (tertiary/aromatic N) is 1. The summed E-state index contributed by atoms with van der Waals surface area (Å²) in [6.45, 7) is 2.31. The van der Waals surface area contributed by atoms with E-state index in [1.807, 2.05) is 11.9 Å². The first kappa shape index (κ1) is 22.4. The summed E-state index contributed by atoms with van der Waals surface area (Å²) in [5, 5.41) is 3.18. The van der Waals surface area contributed by atoms with Crippen molar-refractivity contribution >= 4 is 28.2 Å². The Hall–Kier alpha value is -1.89. The molecule has 7 heteroatoms. The van der Waals surface area contributed by atoms with Gasteiger partial charge in [-0.1, -0.05) is 36.4 Å². The molecule has 0 spiro atoms. The van der Waals surface area contributed by atoms with Gasteiger partial charge in [-0.15, -0.1) is 12.4 Å². The van der Waals surface area contributed by atoms with E-state index in [-0.39, 0.29) is 29.0 Å². The van der Waals surface area contributed by atoms with E-state index >= 15 is 0 Å². The maximum Gasteiger partial charge on any atom is 0.254 e. The number of piperidine rings is 1. The zero-order valence-electron chi connectivity index (χ0n) is 16.0. The van der Waals surface area contributed by atoms with Crippen molar-refractivity contribution in [2.75, 3.05) is 26.7 Å². The molecule has 0 aromatic heterocycles. The van der Waals surface area contributed by atoms with Crippen molar-refractivity contribution < 1.29 is 13.2 Å². The molecule has 2 aromatic carbocycles. The third-order valence-corrected chi connectivity index (χ3v) is 6.68. The van der Waals surface area contributed by atoms with Crippen LogP contribution in [0.3, 0.4) is 0 Å². The predicted octanol–water partition coefficient (Wildman–Crippen LogP) is 3.15. The summed E-state index contributed by atoms with van der Waals surface area (Å²) in [5.41, 5.74) is 1.05. The third-order valence-electron chi connectivity index (χ3n) is 4.99. The molecule has 1 fully saturated rings. The summed E-state index contributed by atoms with van der Waals surface area (Å²) in [6, 6.07) is 15.4. The molecule has 1 atom stereocenters. The van der Waals surface area contributed by atoms with E-state index in [1.54, 1.807) is 54.6 Å². The molecule has 5 nitrogen and oxygen atoms in total. The first-order chi connectivity index (χ1) is 13.0. The summed E-state index contributed by atoms with van der Waals surface area (Å²) >= 11 is 0. The molecule has 1 aliphatic rings. The molecule has 1 heterocycles. The maximum atomic E-state index is 13.1. The van der Waals surface area contributed by atoms with Crippen LogP contribution in [0.2, 0.25) is 0 Å². The van der Waals surface area contributed by atoms with Crippen LogP contribution in [0.25, 0.3) is 0 Å². The first-order valence-electron chi connectivity index (χ1n) is 9.31. The largest absolute Gasteiger partial charge is 0.338 e. The minimum Gasteiger partial charge on any atom is -0.338 e. The van der Waals surface area contributed by atoms with Gasteiger partial charge in [-0.05, 0) is 56.1 Å². The van der Waals surface area contributed by atoms with Gasteiger partial charge in [-0.2, -0.15) is 0 Å². The Kier molecular flexibility index (Phi) is 8.04. The molecule has 0 radical (unpaired) electrons. The Morgan fingerprint density at radius 3 is 2.50 bits per heavy atom. The van der Waals surface area contributed by atoms with Crippen molar-refractivity contribution in [2.45, 2.75) is 23.5 Å². The summed E-state index contributed by atoms with van der Waals surface area (Å²) < 4.78 is 25.5. The highest BCUT2D eigenvalue weighted by Gasteiger charge is 2.26. The van der Waals surface area contributed by atoms with Crippen LogP contribution in [0.5, 0.6) is 0 Å². The maximum absolute atomic E-state index is 13.1. The lowest BCUT2D eigenvalue weighted by molar-refractivity contribution is 0.0673. The number of halogens is 1. The molecule has 2 aromatic rings. The van der Waals surface area contributed by atoms with Gasteiger partial charge < -0.3 is 10.2 Å². The Labute approximate surface area is 173 Å². The molecule has 1 unspecified atom stereocenters. The van der Waals surface area contributed by atoms with Crippen molar-refractivity contribution in [3.8, 4) is 0 Å². The second-order valence-electron chi connectivity index (χ2n) is 7.05. The van der Waals surface area contributed by atoms with Crippen LogP contribution in [0.15, 0.2) is 59.5 Å². The topological polar surface area (TPSA) is 66.5 Å². The molecule has 0 saturated carbocycles. The van der Waals surface area contributed by atoms with Crippen LogP contribution in [0.4, 0.5) is 0 Å². The smallest absolute Gasteiger partial charge is 0.254 e. The molecular formula is C21H27ClN2O3S. The fourth-order valence-corrected chi connectivity index (χ4v) is 5.05. The van der Waals surface area contributed by atoms with E-state index < -0.39 is 9.84 Å². The second kappa shape index (κ2) is 10.0. The summed E-state index contributed by atoms with van der Waals surface area (Å²) in [4.78, 5) is 15.2. The van der Waals surface area contributed by atoms with E-state index in [0.29, 0.717) is 23.6 Å². The highest BCUT2D eigenvalue weighted by atomic mass is 35.5. The molecule has 152 valence electrons. The number of carbonyl (C=O) groups excluding carboxylic acids is 1. The standard InChI is InChI=1S/C21H26N2O3S.ClH/c1-22-14-17-8-7-13-23(15-17)21(24)20-12-6-5-9-18(20)16-27(25,26)19-10-3-2-4-11-19;/h2-6,9-12,17,22H,7-8,13-16H2,1H3;1H. The number of hydrogen-bond acceptors (Lipinski definition) is 4. The normalized spacial score (nSPS) is 17.0. The lowest BCUT2D eigenvalue weighted by atomic mass is 9.97. The number of amides is 1. The van der Waals surface area contributed by atoms with Gasteiger partial charge >= 0.3 is 0 Å². The van der Waals surface area contributed by atoms with Crippen molar-refractivity contribution in [2.24, 2.45) is 5.92 Å². The summed E-state index contributed by atoms with van der Waals surface area (Å²) in [7, 11) is -1.58. The molecule has 3 rings (SSSR count). The van der Waals surface area contributed by atoms with Gasteiger partial charge in [-0.25, -0.2) is 8.42 Å². The lowest BCUT2D eigenvalue weighted by Crippen LogP contribution is -2.42. The zero-order valence-corrected chi connectivity index (χ0v) is 17.6. The second-order valence-corrected chi connectivity index (χ2v) is 9.04. The van der Waals surface area contributed by atoms with Crippen LogP contribution in [-0.4, -0.2) is 45.9 Å². The number of benzene rings is 2. The molecule has 1 aliphatic heterocycles. The first-order valence-corrected chi connectivity index (χ1v) is 11.0. The van der Waals surface area contributed by atoms with Crippen LogP contribution >= 0.6 is 12.4 Å². The Balaban J connectivity index is 0.00000280. The van der Waals surface area contributed by atoms with E-state index in [9.17, 15) is 13.2 Å². The fraction of sp³-hybridized carbons (Fsp3) is 0.381. The number of likely N-dealkylation sites (tertiary alicyclic amines) is 1. The van der Waals surface area contributed by atoms with Gasteiger partial charge in [0.15, 0.2) is 9.84 Å². The van der Waals surface area contributed by atoms with Crippen molar-refractivity contribution in [3.63, 3.8) is 0 Å². The summed E-state index contributed by atoms with van der Waals surface area (Å²) in [5.74, 6) is 0.190. The van der Waals surface area contributed by atoms with E-state index in [1.165, 1.54) is 0 Å². The molecule has 1 N–H and O–H groups in total. The third kappa shape index (κ3) is 5.34. The number of sulfone groups is 1. The van der Waals surface area contributed by atoms with E-state index in [4.69, 9.17) is 0 Å². The number of nitrogens with one attached hydrogen (secondary N) is 1. The van der Waals surface area contributed by atoms with Crippen molar-refractivity contribution in [3.05, 3.63) is 65.7 Å². The minimum absolute atomic E-state index is 0. The Morgan fingerprint density at radius 2 is 1.79 bits per heavy atom. The minimum atomic E-state index is -3.50. The van der Waals surface area contributed by atoms with Crippen LogP contribution < -0.4 is 5.32 Å².